The number of alkyl halides is 3. The van der Waals surface area contributed by atoms with Gasteiger partial charge in [0.25, 0.3) is 0 Å². The zero-order chi connectivity index (χ0) is 23.5. The molecule has 6 nitrogen and oxygen atoms in total. The molecule has 1 amide bonds. The summed E-state index contributed by atoms with van der Waals surface area (Å²) in [5.41, 5.74) is 1.33. The number of carbonyl (C=O) groups is 2. The van der Waals surface area contributed by atoms with Crippen LogP contribution in [-0.4, -0.2) is 52.7 Å². The van der Waals surface area contributed by atoms with Crippen LogP contribution in [0.4, 0.5) is 27.6 Å². The molecule has 1 aromatic carbocycles. The van der Waals surface area contributed by atoms with E-state index in [4.69, 9.17) is 9.90 Å². The zero-order valence-corrected chi connectivity index (χ0v) is 16.8. The molecule has 2 aliphatic rings. The SMILES string of the molecule is O=C(O)C(F)(F)F.O=C1CC2(CCN(Cc3ccccn3)C2)CN1c1ccc(F)c(F)c1. The van der Waals surface area contributed by atoms with Crippen LogP contribution in [-0.2, 0) is 16.1 Å². The van der Waals surface area contributed by atoms with Crippen molar-refractivity contribution in [3.05, 3.63) is 59.9 Å². The number of carbonyl (C=O) groups excluding carboxylic acids is 1. The molecule has 2 saturated heterocycles. The van der Waals surface area contributed by atoms with E-state index < -0.39 is 23.8 Å². The number of hydrogen-bond acceptors (Lipinski definition) is 4. The highest BCUT2D eigenvalue weighted by Crippen LogP contribution is 2.42. The van der Waals surface area contributed by atoms with Crippen LogP contribution >= 0.6 is 0 Å². The lowest BCUT2D eigenvalue weighted by Crippen LogP contribution is -2.31. The van der Waals surface area contributed by atoms with Crippen LogP contribution in [0.5, 0.6) is 0 Å². The molecule has 1 atom stereocenters. The first kappa shape index (κ1) is 23.6. The summed E-state index contributed by atoms with van der Waals surface area (Å²) in [4.78, 5) is 29.6. The van der Waals surface area contributed by atoms with Crippen molar-refractivity contribution in [1.82, 2.24) is 9.88 Å². The summed E-state index contributed by atoms with van der Waals surface area (Å²) in [7, 11) is 0. The Kier molecular flexibility index (Phi) is 6.77. The van der Waals surface area contributed by atoms with Crippen molar-refractivity contribution in [2.24, 2.45) is 5.41 Å². The smallest absolute Gasteiger partial charge is 0.475 e. The molecule has 1 spiro atoms. The van der Waals surface area contributed by atoms with Gasteiger partial charge in [-0.3, -0.25) is 14.7 Å². The van der Waals surface area contributed by atoms with Gasteiger partial charge in [-0.25, -0.2) is 13.6 Å². The summed E-state index contributed by atoms with van der Waals surface area (Å²) in [5, 5.41) is 7.12. The molecule has 2 aromatic rings. The van der Waals surface area contributed by atoms with Crippen LogP contribution in [0.3, 0.4) is 0 Å². The molecule has 32 heavy (non-hydrogen) atoms. The Morgan fingerprint density at radius 2 is 1.84 bits per heavy atom. The van der Waals surface area contributed by atoms with Gasteiger partial charge >= 0.3 is 12.1 Å². The van der Waals surface area contributed by atoms with Gasteiger partial charge in [0.1, 0.15) is 0 Å². The largest absolute Gasteiger partial charge is 0.490 e. The molecule has 4 rings (SSSR count). The van der Waals surface area contributed by atoms with E-state index in [-0.39, 0.29) is 11.3 Å². The first-order valence-corrected chi connectivity index (χ1v) is 9.67. The van der Waals surface area contributed by atoms with Crippen LogP contribution in [0, 0.1) is 17.0 Å². The zero-order valence-electron chi connectivity index (χ0n) is 16.8. The van der Waals surface area contributed by atoms with E-state index in [1.165, 1.54) is 6.07 Å². The van der Waals surface area contributed by atoms with Crippen molar-refractivity contribution in [2.45, 2.75) is 25.6 Å². The van der Waals surface area contributed by atoms with Crippen molar-refractivity contribution in [3.63, 3.8) is 0 Å². The number of likely N-dealkylation sites (tertiary alicyclic amines) is 1. The van der Waals surface area contributed by atoms with Gasteiger partial charge in [0, 0.05) is 49.4 Å². The predicted octanol–water partition coefficient (Wildman–Crippen LogP) is 3.62. The van der Waals surface area contributed by atoms with Crippen molar-refractivity contribution in [1.29, 1.82) is 0 Å². The van der Waals surface area contributed by atoms with Gasteiger partial charge in [-0.2, -0.15) is 13.2 Å². The van der Waals surface area contributed by atoms with Crippen LogP contribution in [0.25, 0.3) is 0 Å². The summed E-state index contributed by atoms with van der Waals surface area (Å²) in [6.45, 7) is 3.04. The maximum Gasteiger partial charge on any atom is 0.490 e. The van der Waals surface area contributed by atoms with Crippen LogP contribution in [0.15, 0.2) is 42.6 Å². The second kappa shape index (κ2) is 9.19. The number of hydrogen-bond donors (Lipinski definition) is 1. The van der Waals surface area contributed by atoms with Gasteiger partial charge in [-0.05, 0) is 37.2 Å². The third kappa shape index (κ3) is 5.58. The molecule has 0 bridgehead atoms. The first-order valence-electron chi connectivity index (χ1n) is 9.67. The number of rotatable bonds is 3. The number of benzene rings is 1. The molecule has 0 saturated carbocycles. The number of nitrogens with zero attached hydrogens (tertiary/aromatic N) is 3. The summed E-state index contributed by atoms with van der Waals surface area (Å²) in [6.07, 6.45) is -1.93. The minimum absolute atomic E-state index is 0.0225. The van der Waals surface area contributed by atoms with E-state index >= 15 is 0 Å². The topological polar surface area (TPSA) is 73.7 Å². The maximum atomic E-state index is 13.5. The Balaban J connectivity index is 0.000000360. The van der Waals surface area contributed by atoms with Crippen molar-refractivity contribution in [2.75, 3.05) is 24.5 Å². The number of aromatic nitrogens is 1. The van der Waals surface area contributed by atoms with Gasteiger partial charge in [0.2, 0.25) is 5.91 Å². The molecule has 1 aromatic heterocycles. The van der Waals surface area contributed by atoms with Crippen LogP contribution < -0.4 is 4.90 Å². The van der Waals surface area contributed by atoms with Gasteiger partial charge in [0.05, 0.1) is 5.69 Å². The molecule has 2 fully saturated rings. The lowest BCUT2D eigenvalue weighted by atomic mass is 9.86. The number of pyridine rings is 1. The van der Waals surface area contributed by atoms with Gasteiger partial charge in [0.15, 0.2) is 11.6 Å². The Labute approximate surface area is 180 Å². The second-order valence-corrected chi connectivity index (χ2v) is 7.84. The van der Waals surface area contributed by atoms with Crippen LogP contribution in [0.2, 0.25) is 0 Å². The number of amides is 1. The number of aliphatic carboxylic acids is 1. The summed E-state index contributed by atoms with van der Waals surface area (Å²) in [6, 6.07) is 9.51. The summed E-state index contributed by atoms with van der Waals surface area (Å²) < 4.78 is 58.4. The van der Waals surface area contributed by atoms with E-state index in [0.29, 0.717) is 18.7 Å². The van der Waals surface area contributed by atoms with E-state index in [1.807, 2.05) is 18.2 Å². The first-order chi connectivity index (χ1) is 15.0. The second-order valence-electron chi connectivity index (χ2n) is 7.84. The average Bonchev–Trinajstić information content (AvgIpc) is 3.26. The highest BCUT2D eigenvalue weighted by molar-refractivity contribution is 5.96. The lowest BCUT2D eigenvalue weighted by molar-refractivity contribution is -0.192. The van der Waals surface area contributed by atoms with Crippen LogP contribution in [0.1, 0.15) is 18.5 Å². The molecular weight excluding hydrogens is 437 g/mol. The highest BCUT2D eigenvalue weighted by Gasteiger charge is 2.47. The van der Waals surface area contributed by atoms with Gasteiger partial charge in [-0.1, -0.05) is 6.07 Å². The fraction of sp³-hybridized carbons (Fsp3) is 0.381. The number of carboxylic acids is 1. The Morgan fingerprint density at radius 1 is 1.12 bits per heavy atom. The van der Waals surface area contributed by atoms with Gasteiger partial charge < -0.3 is 10.0 Å². The number of anilines is 1. The number of halogens is 5. The maximum absolute atomic E-state index is 13.5. The molecule has 1 N–H and O–H groups in total. The van der Waals surface area contributed by atoms with E-state index in [9.17, 15) is 26.7 Å². The molecule has 11 heteroatoms. The molecule has 1 unspecified atom stereocenters. The normalized spacial score (nSPS) is 21.0. The molecule has 2 aliphatic heterocycles. The Morgan fingerprint density at radius 3 is 2.44 bits per heavy atom. The molecule has 3 heterocycles. The van der Waals surface area contributed by atoms with Gasteiger partial charge in [-0.15, -0.1) is 0 Å². The average molecular weight is 457 g/mol. The fourth-order valence-electron chi connectivity index (χ4n) is 3.94. The summed E-state index contributed by atoms with van der Waals surface area (Å²) >= 11 is 0. The molecule has 0 aliphatic carbocycles. The summed E-state index contributed by atoms with van der Waals surface area (Å²) in [5.74, 6) is -4.60. The Bertz CT molecular complexity index is 986. The number of carboxylic acid groups (broad SMARTS) is 1. The monoisotopic (exact) mass is 457 g/mol. The van der Waals surface area contributed by atoms with E-state index in [1.54, 1.807) is 11.1 Å². The minimum Gasteiger partial charge on any atom is -0.475 e. The lowest BCUT2D eigenvalue weighted by Gasteiger charge is -2.24. The van der Waals surface area contributed by atoms with E-state index in [2.05, 4.69) is 9.88 Å². The Hall–Kier alpha value is -3.08. The quantitative estimate of drug-likeness (QED) is 0.713. The van der Waals surface area contributed by atoms with Crippen molar-refractivity contribution < 1.29 is 36.6 Å². The molecule has 0 radical (unpaired) electrons. The molecular formula is C21H20F5N3O3. The third-order valence-corrected chi connectivity index (χ3v) is 5.41. The predicted molar refractivity (Wildman–Crippen MR) is 104 cm³/mol. The highest BCUT2D eigenvalue weighted by atomic mass is 19.4. The standard InChI is InChI=1S/C19H19F2N3O.C2HF3O2/c20-16-5-4-15(9-17(16)21)24-13-19(10-18(24)25)6-8-23(12-19)11-14-3-1-2-7-22-14;3-2(4,5)1(6)7/h1-5,7,9H,6,8,10-13H2;(H,6,7). The fourth-order valence-corrected chi connectivity index (χ4v) is 3.94. The third-order valence-electron chi connectivity index (χ3n) is 5.41. The van der Waals surface area contributed by atoms with Crippen molar-refractivity contribution >= 4 is 17.6 Å². The van der Waals surface area contributed by atoms with E-state index in [0.717, 1.165) is 43.9 Å². The molecule has 172 valence electrons. The van der Waals surface area contributed by atoms with Crippen molar-refractivity contribution in [3.8, 4) is 0 Å². The minimum atomic E-state index is -5.08.